The van der Waals surface area contributed by atoms with Gasteiger partial charge >= 0.3 is 5.97 Å². The van der Waals surface area contributed by atoms with Crippen molar-refractivity contribution in [2.75, 3.05) is 7.05 Å². The second kappa shape index (κ2) is 8.29. The number of rotatable bonds is 4. The van der Waals surface area contributed by atoms with Crippen molar-refractivity contribution in [3.63, 3.8) is 0 Å². The SMILES string of the molecule is CN1C2CC[C@@H]1C[C@H](c1ccc([N+](=O)[O-])cc1)C2C(=O)Oc1ccccc1.Cl. The molecule has 2 aliphatic rings. The van der Waals surface area contributed by atoms with E-state index in [2.05, 4.69) is 11.9 Å². The van der Waals surface area contributed by atoms with Crippen LogP contribution in [0.1, 0.15) is 30.7 Å². The van der Waals surface area contributed by atoms with Crippen molar-refractivity contribution < 1.29 is 14.5 Å². The molecule has 0 aliphatic carbocycles. The summed E-state index contributed by atoms with van der Waals surface area (Å²) in [6.07, 6.45) is 2.90. The number of piperidine rings is 1. The normalized spacial score (nSPS) is 26.3. The zero-order chi connectivity index (χ0) is 19.0. The number of fused-ring (bicyclic) bond motifs is 2. The van der Waals surface area contributed by atoms with E-state index in [0.29, 0.717) is 11.8 Å². The summed E-state index contributed by atoms with van der Waals surface area (Å²) in [6.45, 7) is 0. The summed E-state index contributed by atoms with van der Waals surface area (Å²) in [6, 6.07) is 16.3. The van der Waals surface area contributed by atoms with Crippen molar-refractivity contribution in [2.24, 2.45) is 5.92 Å². The van der Waals surface area contributed by atoms with Crippen LogP contribution in [0, 0.1) is 16.0 Å². The molecule has 2 bridgehead atoms. The monoisotopic (exact) mass is 402 g/mol. The summed E-state index contributed by atoms with van der Waals surface area (Å²) >= 11 is 0. The summed E-state index contributed by atoms with van der Waals surface area (Å²) in [7, 11) is 2.08. The lowest BCUT2D eigenvalue weighted by atomic mass is 9.76. The Morgan fingerprint density at radius 3 is 2.43 bits per heavy atom. The number of hydrogen-bond donors (Lipinski definition) is 0. The molecule has 0 amide bonds. The van der Waals surface area contributed by atoms with Gasteiger partial charge in [0.1, 0.15) is 5.75 Å². The van der Waals surface area contributed by atoms with Gasteiger partial charge in [-0.15, -0.1) is 12.4 Å². The number of benzene rings is 2. The van der Waals surface area contributed by atoms with E-state index in [1.54, 1.807) is 24.3 Å². The molecule has 2 aromatic carbocycles. The molecule has 148 valence electrons. The maximum Gasteiger partial charge on any atom is 0.316 e. The molecule has 28 heavy (non-hydrogen) atoms. The topological polar surface area (TPSA) is 72.7 Å². The highest BCUT2D eigenvalue weighted by Gasteiger charge is 2.49. The summed E-state index contributed by atoms with van der Waals surface area (Å²) in [5.74, 6) is 0.0561. The lowest BCUT2D eigenvalue weighted by Crippen LogP contribution is -2.49. The Morgan fingerprint density at radius 2 is 1.79 bits per heavy atom. The Kier molecular flexibility index (Phi) is 6.01. The van der Waals surface area contributed by atoms with E-state index in [-0.39, 0.29) is 41.9 Å². The first-order chi connectivity index (χ1) is 13.0. The van der Waals surface area contributed by atoms with Crippen LogP contribution < -0.4 is 4.74 Å². The number of esters is 1. The van der Waals surface area contributed by atoms with Gasteiger partial charge in [-0.2, -0.15) is 0 Å². The average molecular weight is 403 g/mol. The van der Waals surface area contributed by atoms with Crippen LogP contribution >= 0.6 is 12.4 Å². The van der Waals surface area contributed by atoms with Crippen LogP contribution in [0.2, 0.25) is 0 Å². The molecule has 0 N–H and O–H groups in total. The first kappa shape index (κ1) is 20.3. The predicted molar refractivity (Wildman–Crippen MR) is 108 cm³/mol. The second-order valence-electron chi connectivity index (χ2n) is 7.41. The molecule has 4 rings (SSSR count). The van der Waals surface area contributed by atoms with Crippen LogP contribution in [0.4, 0.5) is 5.69 Å². The number of non-ortho nitro benzene ring substituents is 1. The van der Waals surface area contributed by atoms with Crippen molar-refractivity contribution in [1.29, 1.82) is 0 Å². The van der Waals surface area contributed by atoms with Gasteiger partial charge in [-0.25, -0.2) is 0 Å². The van der Waals surface area contributed by atoms with E-state index < -0.39 is 4.92 Å². The minimum atomic E-state index is -0.400. The fourth-order valence-corrected chi connectivity index (χ4v) is 4.65. The number of carbonyl (C=O) groups excluding carboxylic acids is 1. The summed E-state index contributed by atoms with van der Waals surface area (Å²) < 4.78 is 5.69. The summed E-state index contributed by atoms with van der Waals surface area (Å²) in [5, 5.41) is 10.9. The van der Waals surface area contributed by atoms with Gasteiger partial charge in [-0.05, 0) is 44.0 Å². The fourth-order valence-electron chi connectivity index (χ4n) is 4.65. The van der Waals surface area contributed by atoms with Crippen LogP contribution in [0.15, 0.2) is 54.6 Å². The van der Waals surface area contributed by atoms with E-state index in [1.807, 2.05) is 18.2 Å². The molecule has 6 nitrogen and oxygen atoms in total. The Morgan fingerprint density at radius 1 is 1.11 bits per heavy atom. The van der Waals surface area contributed by atoms with Crippen LogP contribution in [0.25, 0.3) is 0 Å². The molecule has 2 aromatic rings. The van der Waals surface area contributed by atoms with Gasteiger partial charge in [-0.3, -0.25) is 19.8 Å². The number of nitrogens with zero attached hydrogens (tertiary/aromatic N) is 2. The molecule has 0 aromatic heterocycles. The number of nitro benzene ring substituents is 1. The van der Waals surface area contributed by atoms with E-state index in [9.17, 15) is 14.9 Å². The summed E-state index contributed by atoms with van der Waals surface area (Å²) in [4.78, 5) is 26.0. The minimum Gasteiger partial charge on any atom is -0.426 e. The molecule has 7 heteroatoms. The molecule has 0 radical (unpaired) electrons. The van der Waals surface area contributed by atoms with Gasteiger partial charge in [0.05, 0.1) is 10.8 Å². The molecule has 2 saturated heterocycles. The van der Waals surface area contributed by atoms with Crippen molar-refractivity contribution >= 4 is 24.1 Å². The van der Waals surface area contributed by atoms with Crippen molar-refractivity contribution in [3.8, 4) is 5.75 Å². The highest BCUT2D eigenvalue weighted by Crippen LogP contribution is 2.46. The zero-order valence-electron chi connectivity index (χ0n) is 15.6. The lowest BCUT2D eigenvalue weighted by Gasteiger charge is -2.41. The van der Waals surface area contributed by atoms with Gasteiger partial charge in [0.25, 0.3) is 5.69 Å². The van der Waals surface area contributed by atoms with Crippen LogP contribution in [-0.4, -0.2) is 34.9 Å². The third-order valence-electron chi connectivity index (χ3n) is 6.03. The first-order valence-electron chi connectivity index (χ1n) is 9.27. The van der Waals surface area contributed by atoms with E-state index >= 15 is 0 Å². The van der Waals surface area contributed by atoms with Crippen molar-refractivity contribution in [1.82, 2.24) is 4.90 Å². The van der Waals surface area contributed by atoms with Crippen molar-refractivity contribution in [2.45, 2.75) is 37.3 Å². The molecule has 0 spiro atoms. The third kappa shape index (κ3) is 3.75. The molecular weight excluding hydrogens is 380 g/mol. The number of ether oxygens (including phenoxy) is 1. The molecule has 2 heterocycles. The molecule has 2 fully saturated rings. The number of hydrogen-bond acceptors (Lipinski definition) is 5. The van der Waals surface area contributed by atoms with E-state index in [4.69, 9.17) is 4.74 Å². The predicted octanol–water partition coefficient (Wildman–Crippen LogP) is 4.19. The Bertz CT molecular complexity index is 843. The highest BCUT2D eigenvalue weighted by atomic mass is 35.5. The van der Waals surface area contributed by atoms with Gasteiger partial charge in [0.15, 0.2) is 0 Å². The number of halogens is 1. The molecule has 2 aliphatic heterocycles. The molecular formula is C21H23ClN2O4. The maximum atomic E-state index is 13.1. The quantitative estimate of drug-likeness (QED) is 0.332. The average Bonchev–Trinajstić information content (AvgIpc) is 2.91. The van der Waals surface area contributed by atoms with Crippen LogP contribution in [-0.2, 0) is 4.79 Å². The molecule has 0 saturated carbocycles. The third-order valence-corrected chi connectivity index (χ3v) is 6.03. The molecule has 2 unspecified atom stereocenters. The lowest BCUT2D eigenvalue weighted by molar-refractivity contribution is -0.384. The minimum absolute atomic E-state index is 0. The van der Waals surface area contributed by atoms with Gasteiger partial charge < -0.3 is 4.74 Å². The van der Waals surface area contributed by atoms with Gasteiger partial charge in [0, 0.05) is 30.1 Å². The smallest absolute Gasteiger partial charge is 0.316 e. The first-order valence-corrected chi connectivity index (χ1v) is 9.27. The van der Waals surface area contributed by atoms with Crippen LogP contribution in [0.3, 0.4) is 0 Å². The standard InChI is InChI=1S/C21H22N2O4.ClH/c1-22-16-11-12-19(22)20(21(24)27-17-5-3-2-4-6-17)18(13-16)14-7-9-15(10-8-14)23(25)26;/h2-10,16,18-20H,11-13H2,1H3;1H/t16-,18-,19?,20?;/m1./s1. The van der Waals surface area contributed by atoms with Crippen LogP contribution in [0.5, 0.6) is 5.75 Å². The Hall–Kier alpha value is -2.44. The zero-order valence-corrected chi connectivity index (χ0v) is 16.4. The van der Waals surface area contributed by atoms with Crippen molar-refractivity contribution in [3.05, 3.63) is 70.3 Å². The maximum absolute atomic E-state index is 13.1. The summed E-state index contributed by atoms with van der Waals surface area (Å²) in [5.41, 5.74) is 1.04. The van der Waals surface area contributed by atoms with Gasteiger partial charge in [-0.1, -0.05) is 30.3 Å². The highest BCUT2D eigenvalue weighted by molar-refractivity contribution is 5.85. The number of carbonyl (C=O) groups is 1. The number of nitro groups is 1. The van der Waals surface area contributed by atoms with E-state index in [1.165, 1.54) is 12.1 Å². The largest absolute Gasteiger partial charge is 0.426 e. The second-order valence-corrected chi connectivity index (χ2v) is 7.41. The Labute approximate surface area is 170 Å². The fraction of sp³-hybridized carbons (Fsp3) is 0.381. The van der Waals surface area contributed by atoms with E-state index in [0.717, 1.165) is 24.8 Å². The molecule has 4 atom stereocenters. The number of para-hydroxylation sites is 1. The Balaban J connectivity index is 0.00000225. The van der Waals surface area contributed by atoms with Gasteiger partial charge in [0.2, 0.25) is 0 Å².